The van der Waals surface area contributed by atoms with Gasteiger partial charge in [0, 0.05) is 36.1 Å². The summed E-state index contributed by atoms with van der Waals surface area (Å²) in [5.41, 5.74) is 5.96. The van der Waals surface area contributed by atoms with Gasteiger partial charge in [-0.25, -0.2) is 8.42 Å². The molecule has 26 heavy (non-hydrogen) atoms. The normalized spacial score (nSPS) is 15.8. The minimum atomic E-state index is -3.45. The van der Waals surface area contributed by atoms with Gasteiger partial charge in [-0.1, -0.05) is 30.7 Å². The van der Waals surface area contributed by atoms with Crippen molar-refractivity contribution in [2.45, 2.75) is 38.0 Å². The lowest BCUT2D eigenvalue weighted by atomic mass is 10.1. The minimum absolute atomic E-state index is 0.390. The van der Waals surface area contributed by atoms with Crippen LogP contribution in [0.5, 0.6) is 0 Å². The first kappa shape index (κ1) is 17.3. The van der Waals surface area contributed by atoms with Gasteiger partial charge in [-0.2, -0.15) is 4.31 Å². The summed E-state index contributed by atoms with van der Waals surface area (Å²) in [7, 11) is -3.45. The second-order valence-corrected chi connectivity index (χ2v) is 8.97. The molecule has 1 N–H and O–H groups in total. The van der Waals surface area contributed by atoms with E-state index in [0.29, 0.717) is 18.0 Å². The van der Waals surface area contributed by atoms with E-state index in [-0.39, 0.29) is 0 Å². The van der Waals surface area contributed by atoms with Gasteiger partial charge in [0.2, 0.25) is 10.0 Å². The van der Waals surface area contributed by atoms with Gasteiger partial charge < -0.3 is 4.98 Å². The summed E-state index contributed by atoms with van der Waals surface area (Å²) in [5.74, 6) is 0. The quantitative estimate of drug-likeness (QED) is 0.764. The Morgan fingerprint density at radius 2 is 1.77 bits per heavy atom. The number of hydrogen-bond donors (Lipinski definition) is 1. The van der Waals surface area contributed by atoms with E-state index in [1.807, 2.05) is 12.1 Å². The summed E-state index contributed by atoms with van der Waals surface area (Å²) in [6.45, 7) is 5.19. The van der Waals surface area contributed by atoms with Crippen LogP contribution in [-0.2, 0) is 29.3 Å². The number of aromatic nitrogens is 1. The molecule has 0 saturated heterocycles. The highest BCUT2D eigenvalue weighted by molar-refractivity contribution is 7.89. The number of nitrogens with zero attached hydrogens (tertiary/aromatic N) is 1. The lowest BCUT2D eigenvalue weighted by molar-refractivity contribution is 0.426. The van der Waals surface area contributed by atoms with Gasteiger partial charge in [0.15, 0.2) is 0 Å². The molecule has 0 amide bonds. The molecule has 1 aromatic heterocycles. The maximum atomic E-state index is 13.0. The number of H-pyrrole nitrogens is 1. The summed E-state index contributed by atoms with van der Waals surface area (Å²) < 4.78 is 27.7. The molecule has 2 aromatic carbocycles. The topological polar surface area (TPSA) is 53.2 Å². The van der Waals surface area contributed by atoms with Gasteiger partial charge in [0.1, 0.15) is 0 Å². The average Bonchev–Trinajstić information content (AvgIpc) is 2.84. The van der Waals surface area contributed by atoms with Crippen molar-refractivity contribution in [3.05, 3.63) is 64.8 Å². The number of aryl methyl sites for hydroxylation is 2. The number of hydrogen-bond acceptors (Lipinski definition) is 2. The summed E-state index contributed by atoms with van der Waals surface area (Å²) in [5, 5.41) is 1.23. The van der Waals surface area contributed by atoms with Crippen molar-refractivity contribution in [1.29, 1.82) is 0 Å². The molecule has 1 aliphatic rings. The molecule has 4 rings (SSSR count). The molecular weight excluding hydrogens is 344 g/mol. The van der Waals surface area contributed by atoms with Crippen LogP contribution in [0.25, 0.3) is 10.9 Å². The maximum absolute atomic E-state index is 13.0. The van der Waals surface area contributed by atoms with Crippen LogP contribution in [-0.4, -0.2) is 30.8 Å². The molecule has 3 aromatic rings. The number of nitrogens with one attached hydrogen (secondary N) is 1. The Morgan fingerprint density at radius 1 is 1.04 bits per heavy atom. The summed E-state index contributed by atoms with van der Waals surface area (Å²) in [6, 6.07) is 13.7. The van der Waals surface area contributed by atoms with Crippen molar-refractivity contribution in [3.8, 4) is 0 Å². The Labute approximate surface area is 154 Å². The summed E-state index contributed by atoms with van der Waals surface area (Å²) in [4.78, 5) is 3.88. The monoisotopic (exact) mass is 368 g/mol. The summed E-state index contributed by atoms with van der Waals surface area (Å²) >= 11 is 0. The Hall–Kier alpha value is -2.11. The van der Waals surface area contributed by atoms with Gasteiger partial charge in [-0.05, 0) is 55.2 Å². The molecular formula is C21H24N2O2S. The van der Waals surface area contributed by atoms with Gasteiger partial charge in [0.05, 0.1) is 4.90 Å². The zero-order valence-corrected chi connectivity index (χ0v) is 16.1. The molecule has 136 valence electrons. The highest BCUT2D eigenvalue weighted by Gasteiger charge is 2.27. The highest BCUT2D eigenvalue weighted by Crippen LogP contribution is 2.28. The van der Waals surface area contributed by atoms with E-state index in [1.54, 1.807) is 16.4 Å². The first-order chi connectivity index (χ1) is 12.5. The standard InChI is InChI=1S/C21H24N2O2S/c1-3-16-5-7-17(8-6-16)26(24,25)23-12-10-18-19-14-15(2)4-9-20(19)22-21(18)11-13-23/h4-9,14,22H,3,10-13H2,1-2H3. The fourth-order valence-corrected chi connectivity index (χ4v) is 5.23. The molecule has 0 saturated carbocycles. The molecule has 4 nitrogen and oxygen atoms in total. The predicted octanol–water partition coefficient (Wildman–Crippen LogP) is 3.83. The van der Waals surface area contributed by atoms with E-state index < -0.39 is 10.0 Å². The smallest absolute Gasteiger partial charge is 0.243 e. The first-order valence-corrected chi connectivity index (χ1v) is 10.6. The van der Waals surface area contributed by atoms with E-state index in [1.165, 1.54) is 22.2 Å². The zero-order valence-electron chi connectivity index (χ0n) is 15.2. The second-order valence-electron chi connectivity index (χ2n) is 7.03. The fraction of sp³-hybridized carbons (Fsp3) is 0.333. The number of sulfonamides is 1. The second kappa shape index (κ2) is 6.56. The van der Waals surface area contributed by atoms with Crippen LogP contribution in [0.4, 0.5) is 0 Å². The number of aromatic amines is 1. The van der Waals surface area contributed by atoms with E-state index in [9.17, 15) is 8.42 Å². The molecule has 0 aliphatic carbocycles. The summed E-state index contributed by atoms with van der Waals surface area (Å²) in [6.07, 6.45) is 2.37. The molecule has 0 bridgehead atoms. The van der Waals surface area contributed by atoms with Crippen LogP contribution in [0.15, 0.2) is 47.4 Å². The Bertz CT molecular complexity index is 1050. The SMILES string of the molecule is CCc1ccc(S(=O)(=O)N2CCc3[nH]c4ccc(C)cc4c3CC2)cc1. The molecule has 0 atom stereocenters. The van der Waals surface area contributed by atoms with E-state index in [0.717, 1.165) is 30.3 Å². The van der Waals surface area contributed by atoms with Gasteiger partial charge >= 0.3 is 0 Å². The van der Waals surface area contributed by atoms with Crippen LogP contribution in [0.1, 0.15) is 29.3 Å². The number of fused-ring (bicyclic) bond motifs is 3. The molecule has 5 heteroatoms. The van der Waals surface area contributed by atoms with Crippen molar-refractivity contribution < 1.29 is 8.42 Å². The third-order valence-corrected chi connectivity index (χ3v) is 7.25. The van der Waals surface area contributed by atoms with Gasteiger partial charge in [0.25, 0.3) is 0 Å². The molecule has 2 heterocycles. The molecule has 0 unspecified atom stereocenters. The first-order valence-electron chi connectivity index (χ1n) is 9.18. The van der Waals surface area contributed by atoms with E-state index in [2.05, 4.69) is 37.0 Å². The third kappa shape index (κ3) is 2.95. The lowest BCUT2D eigenvalue weighted by Gasteiger charge is -2.20. The Balaban J connectivity index is 1.63. The molecule has 0 spiro atoms. The fourth-order valence-electron chi connectivity index (χ4n) is 3.79. The van der Waals surface area contributed by atoms with Crippen molar-refractivity contribution in [2.24, 2.45) is 0 Å². The zero-order chi connectivity index (χ0) is 18.3. The van der Waals surface area contributed by atoms with Crippen molar-refractivity contribution in [1.82, 2.24) is 9.29 Å². The van der Waals surface area contributed by atoms with Crippen LogP contribution in [0.2, 0.25) is 0 Å². The molecule has 0 radical (unpaired) electrons. The van der Waals surface area contributed by atoms with Crippen LogP contribution in [0.3, 0.4) is 0 Å². The van der Waals surface area contributed by atoms with Crippen LogP contribution < -0.4 is 0 Å². The Kier molecular flexibility index (Phi) is 4.37. The maximum Gasteiger partial charge on any atom is 0.243 e. The van der Waals surface area contributed by atoms with Crippen LogP contribution >= 0.6 is 0 Å². The van der Waals surface area contributed by atoms with E-state index in [4.69, 9.17) is 0 Å². The Morgan fingerprint density at radius 3 is 2.50 bits per heavy atom. The largest absolute Gasteiger partial charge is 0.358 e. The third-order valence-electron chi connectivity index (χ3n) is 5.34. The predicted molar refractivity (Wildman–Crippen MR) is 105 cm³/mol. The highest BCUT2D eigenvalue weighted by atomic mass is 32.2. The van der Waals surface area contributed by atoms with Crippen molar-refractivity contribution >= 4 is 20.9 Å². The van der Waals surface area contributed by atoms with Gasteiger partial charge in [-0.15, -0.1) is 0 Å². The van der Waals surface area contributed by atoms with Gasteiger partial charge in [-0.3, -0.25) is 0 Å². The average molecular weight is 369 g/mol. The lowest BCUT2D eigenvalue weighted by Crippen LogP contribution is -2.33. The molecule has 0 fully saturated rings. The van der Waals surface area contributed by atoms with E-state index >= 15 is 0 Å². The number of rotatable bonds is 3. The number of benzene rings is 2. The molecule has 1 aliphatic heterocycles. The van der Waals surface area contributed by atoms with Crippen LogP contribution in [0, 0.1) is 6.92 Å². The van der Waals surface area contributed by atoms with Crippen molar-refractivity contribution in [2.75, 3.05) is 13.1 Å². The van der Waals surface area contributed by atoms with Crippen molar-refractivity contribution in [3.63, 3.8) is 0 Å². The minimum Gasteiger partial charge on any atom is -0.358 e.